The molecule has 126 valence electrons. The largest absolute Gasteiger partial charge is 0.494 e. The number of carbonyl (C=O) groups is 2. The van der Waals surface area contributed by atoms with Gasteiger partial charge in [-0.3, -0.25) is 9.59 Å². The summed E-state index contributed by atoms with van der Waals surface area (Å²) in [6.45, 7) is 4.02. The zero-order valence-corrected chi connectivity index (χ0v) is 14.0. The summed E-state index contributed by atoms with van der Waals surface area (Å²) >= 11 is 0. The van der Waals surface area contributed by atoms with Gasteiger partial charge in [0.1, 0.15) is 5.75 Å². The van der Waals surface area contributed by atoms with Crippen LogP contribution in [0.5, 0.6) is 5.75 Å². The molecular weight excluding hydrogens is 292 g/mol. The number of carbonyl (C=O) groups excluding carboxylic acids is 2. The third kappa shape index (κ3) is 5.36. The van der Waals surface area contributed by atoms with E-state index in [0.717, 1.165) is 31.7 Å². The van der Waals surface area contributed by atoms with Crippen LogP contribution in [0, 0.1) is 0 Å². The Balaban J connectivity index is 1.68. The van der Waals surface area contributed by atoms with E-state index in [1.807, 2.05) is 11.9 Å². The van der Waals surface area contributed by atoms with Crippen molar-refractivity contribution in [2.24, 2.45) is 0 Å². The highest BCUT2D eigenvalue weighted by Crippen LogP contribution is 2.14. The molecular formula is C18H26N2O3. The molecule has 5 heteroatoms. The lowest BCUT2D eigenvalue weighted by atomic mass is 10.0. The monoisotopic (exact) mass is 318 g/mol. The lowest BCUT2D eigenvalue weighted by Crippen LogP contribution is -2.43. The predicted octanol–water partition coefficient (Wildman–Crippen LogP) is 2.26. The third-order valence-electron chi connectivity index (χ3n) is 4.31. The summed E-state index contributed by atoms with van der Waals surface area (Å²) in [6.07, 6.45) is 3.26. The number of hydrogen-bond acceptors (Lipinski definition) is 4. The molecule has 5 nitrogen and oxygen atoms in total. The van der Waals surface area contributed by atoms with Crippen molar-refractivity contribution in [2.45, 2.75) is 38.6 Å². The molecule has 0 atom stereocenters. The summed E-state index contributed by atoms with van der Waals surface area (Å²) < 4.78 is 5.62. The zero-order valence-electron chi connectivity index (χ0n) is 14.0. The van der Waals surface area contributed by atoms with Crippen molar-refractivity contribution in [1.82, 2.24) is 10.2 Å². The maximum absolute atomic E-state index is 12.2. The lowest BCUT2D eigenvalue weighted by molar-refractivity contribution is -0.132. The fourth-order valence-corrected chi connectivity index (χ4v) is 2.77. The van der Waals surface area contributed by atoms with Gasteiger partial charge in [0, 0.05) is 25.1 Å². The van der Waals surface area contributed by atoms with Crippen LogP contribution in [0.1, 0.15) is 43.0 Å². The number of ketones is 1. The van der Waals surface area contributed by atoms with Gasteiger partial charge in [-0.2, -0.15) is 0 Å². The molecule has 0 unspecified atom stereocenters. The van der Waals surface area contributed by atoms with E-state index in [1.165, 1.54) is 0 Å². The Morgan fingerprint density at radius 1 is 1.22 bits per heavy atom. The van der Waals surface area contributed by atoms with Gasteiger partial charge in [-0.05, 0) is 63.5 Å². The molecule has 0 aliphatic carbocycles. The second-order valence-corrected chi connectivity index (χ2v) is 6.02. The van der Waals surface area contributed by atoms with Crippen LogP contribution in [0.3, 0.4) is 0 Å². The number of amides is 1. The van der Waals surface area contributed by atoms with E-state index in [1.54, 1.807) is 31.2 Å². The van der Waals surface area contributed by atoms with Gasteiger partial charge in [0.25, 0.3) is 0 Å². The number of ether oxygens (including phenoxy) is 1. The number of Topliss-reactive ketones (excluding diaryl/α,β-unsaturated/α-hetero) is 1. The van der Waals surface area contributed by atoms with Crippen molar-refractivity contribution in [3.8, 4) is 5.75 Å². The van der Waals surface area contributed by atoms with E-state index in [9.17, 15) is 9.59 Å². The molecule has 1 aliphatic rings. The summed E-state index contributed by atoms with van der Waals surface area (Å²) in [5, 5.41) is 3.31. The minimum Gasteiger partial charge on any atom is -0.494 e. The van der Waals surface area contributed by atoms with Gasteiger partial charge in [0.15, 0.2) is 5.78 Å². The van der Waals surface area contributed by atoms with Gasteiger partial charge in [-0.15, -0.1) is 0 Å². The van der Waals surface area contributed by atoms with Crippen molar-refractivity contribution in [1.29, 1.82) is 0 Å². The molecule has 1 fully saturated rings. The molecule has 0 radical (unpaired) electrons. The van der Waals surface area contributed by atoms with Crippen molar-refractivity contribution in [3.05, 3.63) is 29.8 Å². The summed E-state index contributed by atoms with van der Waals surface area (Å²) in [4.78, 5) is 25.3. The summed E-state index contributed by atoms with van der Waals surface area (Å²) in [6, 6.07) is 7.46. The number of hydrogen-bond donors (Lipinski definition) is 1. The Hall–Kier alpha value is -1.88. The average molecular weight is 318 g/mol. The lowest BCUT2D eigenvalue weighted by Gasteiger charge is -2.31. The quantitative estimate of drug-likeness (QED) is 0.619. The summed E-state index contributed by atoms with van der Waals surface area (Å²) in [5.41, 5.74) is 0.677. The first-order chi connectivity index (χ1) is 11.1. The predicted molar refractivity (Wildman–Crippen MR) is 89.8 cm³/mol. The average Bonchev–Trinajstić information content (AvgIpc) is 2.59. The van der Waals surface area contributed by atoms with E-state index in [0.29, 0.717) is 31.1 Å². The standard InChI is InChI=1S/C18H26N2O3/c1-14(21)15-5-7-17(8-6-15)23-13-3-4-18(22)20(2)16-9-11-19-12-10-16/h5-8,16,19H,3-4,9-13H2,1-2H3. The third-order valence-corrected chi connectivity index (χ3v) is 4.31. The highest BCUT2D eigenvalue weighted by Gasteiger charge is 2.21. The zero-order chi connectivity index (χ0) is 16.7. The Morgan fingerprint density at radius 3 is 2.48 bits per heavy atom. The van der Waals surface area contributed by atoms with Crippen LogP contribution in [-0.4, -0.2) is 49.4 Å². The van der Waals surface area contributed by atoms with Crippen LogP contribution in [0.2, 0.25) is 0 Å². The molecule has 1 aliphatic heterocycles. The minimum atomic E-state index is 0.0445. The van der Waals surface area contributed by atoms with E-state index < -0.39 is 0 Å². The van der Waals surface area contributed by atoms with Gasteiger partial charge < -0.3 is 15.0 Å². The van der Waals surface area contributed by atoms with Gasteiger partial charge in [0.05, 0.1) is 6.61 Å². The van der Waals surface area contributed by atoms with Crippen LogP contribution in [0.15, 0.2) is 24.3 Å². The molecule has 1 N–H and O–H groups in total. The Kier molecular flexibility index (Phi) is 6.59. The maximum Gasteiger partial charge on any atom is 0.222 e. The van der Waals surface area contributed by atoms with Gasteiger partial charge in [-0.1, -0.05) is 0 Å². The molecule has 1 aromatic carbocycles. The van der Waals surface area contributed by atoms with Crippen LogP contribution in [0.25, 0.3) is 0 Å². The van der Waals surface area contributed by atoms with Crippen molar-refractivity contribution in [2.75, 3.05) is 26.7 Å². The van der Waals surface area contributed by atoms with E-state index >= 15 is 0 Å². The first kappa shape index (κ1) is 17.5. The van der Waals surface area contributed by atoms with Gasteiger partial charge in [-0.25, -0.2) is 0 Å². The summed E-state index contributed by atoms with van der Waals surface area (Å²) in [7, 11) is 1.90. The molecule has 1 heterocycles. The maximum atomic E-state index is 12.2. The molecule has 1 saturated heterocycles. The number of nitrogens with one attached hydrogen (secondary N) is 1. The number of benzene rings is 1. The second kappa shape index (κ2) is 8.67. The van der Waals surface area contributed by atoms with Crippen molar-refractivity contribution >= 4 is 11.7 Å². The minimum absolute atomic E-state index is 0.0445. The number of piperidine rings is 1. The van der Waals surface area contributed by atoms with Crippen LogP contribution < -0.4 is 10.1 Å². The molecule has 1 aromatic rings. The topological polar surface area (TPSA) is 58.6 Å². The van der Waals surface area contributed by atoms with E-state index in [2.05, 4.69) is 5.32 Å². The van der Waals surface area contributed by atoms with E-state index in [4.69, 9.17) is 4.74 Å². The summed E-state index contributed by atoms with van der Waals surface area (Å²) in [5.74, 6) is 0.963. The van der Waals surface area contributed by atoms with Crippen molar-refractivity contribution < 1.29 is 14.3 Å². The van der Waals surface area contributed by atoms with Gasteiger partial charge >= 0.3 is 0 Å². The normalized spacial score (nSPS) is 15.2. The van der Waals surface area contributed by atoms with Gasteiger partial charge in [0.2, 0.25) is 5.91 Å². The Morgan fingerprint density at radius 2 is 1.87 bits per heavy atom. The molecule has 0 saturated carbocycles. The first-order valence-corrected chi connectivity index (χ1v) is 8.28. The highest BCUT2D eigenvalue weighted by atomic mass is 16.5. The van der Waals surface area contributed by atoms with E-state index in [-0.39, 0.29) is 11.7 Å². The Labute approximate surface area is 138 Å². The first-order valence-electron chi connectivity index (χ1n) is 8.28. The Bertz CT molecular complexity index is 522. The van der Waals surface area contributed by atoms with Crippen molar-refractivity contribution in [3.63, 3.8) is 0 Å². The number of nitrogens with zero attached hydrogens (tertiary/aromatic N) is 1. The molecule has 0 aromatic heterocycles. The fraction of sp³-hybridized carbons (Fsp3) is 0.556. The highest BCUT2D eigenvalue weighted by molar-refractivity contribution is 5.94. The molecule has 0 spiro atoms. The fourth-order valence-electron chi connectivity index (χ4n) is 2.77. The van der Waals surface area contributed by atoms with Crippen LogP contribution >= 0.6 is 0 Å². The second-order valence-electron chi connectivity index (χ2n) is 6.02. The van der Waals surface area contributed by atoms with Crippen LogP contribution in [0.4, 0.5) is 0 Å². The van der Waals surface area contributed by atoms with Crippen LogP contribution in [-0.2, 0) is 4.79 Å². The molecule has 0 bridgehead atoms. The smallest absolute Gasteiger partial charge is 0.222 e. The molecule has 2 rings (SSSR count). The number of rotatable bonds is 7. The SMILES string of the molecule is CC(=O)c1ccc(OCCCC(=O)N(C)C2CCNCC2)cc1. The molecule has 23 heavy (non-hydrogen) atoms. The molecule has 1 amide bonds.